The van der Waals surface area contributed by atoms with Crippen molar-refractivity contribution in [2.24, 2.45) is 11.8 Å². The van der Waals surface area contributed by atoms with E-state index in [9.17, 15) is 9.59 Å². The van der Waals surface area contributed by atoms with Crippen LogP contribution in [0.15, 0.2) is 24.3 Å². The summed E-state index contributed by atoms with van der Waals surface area (Å²) in [4.78, 5) is 24.7. The van der Waals surface area contributed by atoms with E-state index in [1.54, 1.807) is 0 Å². The summed E-state index contributed by atoms with van der Waals surface area (Å²) in [5.74, 6) is 1.25. The van der Waals surface area contributed by atoms with E-state index in [0.717, 1.165) is 90.2 Å². The Balaban J connectivity index is 4.27. The average molecular weight is 776 g/mol. The fourth-order valence-electron chi connectivity index (χ4n) is 7.47. The number of carbonyl (C=O) groups excluding carboxylic acids is 2. The smallest absolute Gasteiger partial charge is 0.309 e. The minimum absolute atomic E-state index is 0.0210. The molecule has 0 aromatic rings. The SMILES string of the molecule is C/C=C/CCC(CCCCC)CCOC(=O)CCCCCCCC(CCCC/C=C/CC(=O)OCCC(CCCCC)CCCCCC)OCCCCNC. The van der Waals surface area contributed by atoms with Crippen LogP contribution in [0.3, 0.4) is 0 Å². The molecule has 3 atom stereocenters. The van der Waals surface area contributed by atoms with Gasteiger partial charge in [-0.15, -0.1) is 0 Å². The number of ether oxygens (including phenoxy) is 3. The quantitative estimate of drug-likeness (QED) is 0.0378. The van der Waals surface area contributed by atoms with Gasteiger partial charge in [-0.25, -0.2) is 0 Å². The maximum atomic E-state index is 12.4. The van der Waals surface area contributed by atoms with Crippen molar-refractivity contribution in [1.29, 1.82) is 0 Å². The van der Waals surface area contributed by atoms with Gasteiger partial charge in [0.1, 0.15) is 0 Å². The highest BCUT2D eigenvalue weighted by Crippen LogP contribution is 2.23. The molecule has 0 aliphatic carbocycles. The fraction of sp³-hybridized carbons (Fsp3) is 0.878. The van der Waals surface area contributed by atoms with Crippen molar-refractivity contribution in [2.75, 3.05) is 33.4 Å². The normalized spacial score (nSPS) is 13.5. The van der Waals surface area contributed by atoms with E-state index in [1.807, 2.05) is 13.1 Å². The minimum atomic E-state index is -0.0888. The van der Waals surface area contributed by atoms with E-state index >= 15 is 0 Å². The van der Waals surface area contributed by atoms with Crippen LogP contribution in [0.1, 0.15) is 227 Å². The molecule has 0 spiro atoms. The monoisotopic (exact) mass is 776 g/mol. The van der Waals surface area contributed by atoms with Gasteiger partial charge in [-0.2, -0.15) is 0 Å². The van der Waals surface area contributed by atoms with Gasteiger partial charge in [-0.3, -0.25) is 9.59 Å². The molecule has 0 aromatic carbocycles. The summed E-state index contributed by atoms with van der Waals surface area (Å²) in [6.45, 7) is 11.9. The van der Waals surface area contributed by atoms with Crippen LogP contribution >= 0.6 is 0 Å². The molecule has 3 unspecified atom stereocenters. The van der Waals surface area contributed by atoms with E-state index in [2.05, 4.69) is 51.2 Å². The van der Waals surface area contributed by atoms with Crippen molar-refractivity contribution in [3.63, 3.8) is 0 Å². The van der Waals surface area contributed by atoms with Gasteiger partial charge >= 0.3 is 11.9 Å². The molecule has 0 saturated carbocycles. The van der Waals surface area contributed by atoms with Crippen LogP contribution in [0.5, 0.6) is 0 Å². The summed E-state index contributed by atoms with van der Waals surface area (Å²) >= 11 is 0. The lowest BCUT2D eigenvalue weighted by molar-refractivity contribution is -0.144. The van der Waals surface area contributed by atoms with Crippen molar-refractivity contribution in [3.05, 3.63) is 24.3 Å². The minimum Gasteiger partial charge on any atom is -0.466 e. The molecule has 0 aliphatic rings. The lowest BCUT2D eigenvalue weighted by Gasteiger charge is -2.18. The van der Waals surface area contributed by atoms with Crippen molar-refractivity contribution in [1.82, 2.24) is 5.32 Å². The molecule has 6 nitrogen and oxygen atoms in total. The topological polar surface area (TPSA) is 73.9 Å². The summed E-state index contributed by atoms with van der Waals surface area (Å²) in [5, 5.41) is 3.23. The Hall–Kier alpha value is -1.66. The molecule has 0 rings (SSSR count). The summed E-state index contributed by atoms with van der Waals surface area (Å²) < 4.78 is 17.6. The summed E-state index contributed by atoms with van der Waals surface area (Å²) in [6.07, 6.45) is 44.1. The van der Waals surface area contributed by atoms with E-state index in [-0.39, 0.29) is 11.9 Å². The predicted octanol–water partition coefficient (Wildman–Crippen LogP) is 14.2. The highest BCUT2D eigenvalue weighted by atomic mass is 16.5. The summed E-state index contributed by atoms with van der Waals surface area (Å²) in [7, 11) is 2.00. The maximum Gasteiger partial charge on any atom is 0.309 e. The van der Waals surface area contributed by atoms with Crippen LogP contribution in [-0.4, -0.2) is 51.5 Å². The highest BCUT2D eigenvalue weighted by Gasteiger charge is 2.13. The Morgan fingerprint density at radius 2 is 1.05 bits per heavy atom. The largest absolute Gasteiger partial charge is 0.466 e. The Kier molecular flexibility index (Phi) is 42.2. The Morgan fingerprint density at radius 3 is 1.71 bits per heavy atom. The first-order valence-corrected chi connectivity index (χ1v) is 23.8. The highest BCUT2D eigenvalue weighted by molar-refractivity contribution is 5.71. The third-order valence-corrected chi connectivity index (χ3v) is 11.1. The number of unbranched alkanes of at least 4 members (excludes halogenated alkanes) is 14. The third-order valence-electron chi connectivity index (χ3n) is 11.1. The molecular weight excluding hydrogens is 683 g/mol. The van der Waals surface area contributed by atoms with Crippen LogP contribution in [0.2, 0.25) is 0 Å². The number of allylic oxidation sites excluding steroid dienone is 3. The van der Waals surface area contributed by atoms with Gasteiger partial charge in [0.05, 0.1) is 25.7 Å². The van der Waals surface area contributed by atoms with Gasteiger partial charge in [0.15, 0.2) is 0 Å². The van der Waals surface area contributed by atoms with E-state index in [1.165, 1.54) is 109 Å². The zero-order chi connectivity index (χ0) is 40.3. The molecule has 55 heavy (non-hydrogen) atoms. The second kappa shape index (κ2) is 43.5. The summed E-state index contributed by atoms with van der Waals surface area (Å²) in [5.41, 5.74) is 0. The first-order valence-electron chi connectivity index (χ1n) is 23.8. The number of carbonyl (C=O) groups is 2. The zero-order valence-electron chi connectivity index (χ0n) is 37.3. The van der Waals surface area contributed by atoms with E-state index in [4.69, 9.17) is 14.2 Å². The molecule has 6 heteroatoms. The Labute approximate surface area is 342 Å². The van der Waals surface area contributed by atoms with Gasteiger partial charge in [0, 0.05) is 13.0 Å². The third kappa shape index (κ3) is 39.0. The number of hydrogen-bond donors (Lipinski definition) is 1. The first kappa shape index (κ1) is 53.3. The van der Waals surface area contributed by atoms with Crippen LogP contribution in [0.25, 0.3) is 0 Å². The number of esters is 2. The van der Waals surface area contributed by atoms with Crippen LogP contribution < -0.4 is 5.32 Å². The molecule has 0 saturated heterocycles. The lowest BCUT2D eigenvalue weighted by atomic mass is 9.92. The molecule has 324 valence electrons. The lowest BCUT2D eigenvalue weighted by Crippen LogP contribution is -2.15. The van der Waals surface area contributed by atoms with E-state index in [0.29, 0.717) is 44.0 Å². The van der Waals surface area contributed by atoms with Gasteiger partial charge in [0.25, 0.3) is 0 Å². The molecular formula is C49H93NO5. The molecule has 0 aromatic heterocycles. The van der Waals surface area contributed by atoms with Crippen LogP contribution in [-0.2, 0) is 23.8 Å². The number of nitrogens with one attached hydrogen (secondary N) is 1. The first-order chi connectivity index (χ1) is 27.0. The average Bonchev–Trinajstić information content (AvgIpc) is 3.18. The zero-order valence-corrected chi connectivity index (χ0v) is 37.3. The van der Waals surface area contributed by atoms with Gasteiger partial charge < -0.3 is 19.5 Å². The Morgan fingerprint density at radius 1 is 0.509 bits per heavy atom. The van der Waals surface area contributed by atoms with Crippen molar-refractivity contribution in [2.45, 2.75) is 233 Å². The molecule has 1 N–H and O–H groups in total. The van der Waals surface area contributed by atoms with Crippen molar-refractivity contribution >= 4 is 11.9 Å². The Bertz CT molecular complexity index is 873. The fourth-order valence-corrected chi connectivity index (χ4v) is 7.47. The van der Waals surface area contributed by atoms with Gasteiger partial charge in [-0.05, 0) is 103 Å². The molecule has 0 aliphatic heterocycles. The van der Waals surface area contributed by atoms with Crippen LogP contribution in [0.4, 0.5) is 0 Å². The van der Waals surface area contributed by atoms with Crippen molar-refractivity contribution in [3.8, 4) is 0 Å². The van der Waals surface area contributed by atoms with Crippen LogP contribution in [0, 0.1) is 11.8 Å². The second-order valence-electron chi connectivity index (χ2n) is 16.3. The van der Waals surface area contributed by atoms with Gasteiger partial charge in [0.2, 0.25) is 0 Å². The van der Waals surface area contributed by atoms with Crippen molar-refractivity contribution < 1.29 is 23.8 Å². The second-order valence-corrected chi connectivity index (χ2v) is 16.3. The molecule has 0 radical (unpaired) electrons. The molecule has 0 heterocycles. The molecule has 0 fully saturated rings. The van der Waals surface area contributed by atoms with E-state index < -0.39 is 0 Å². The number of hydrogen-bond acceptors (Lipinski definition) is 6. The number of rotatable bonds is 43. The molecule has 0 bridgehead atoms. The maximum absolute atomic E-state index is 12.4. The van der Waals surface area contributed by atoms with Gasteiger partial charge in [-0.1, -0.05) is 161 Å². The standard InChI is InChI=1S/C49H93NO5/c1-6-10-14-24-34-46(33-23-13-9-4)40-44-55-49(52)38-28-20-16-18-26-36-47(53-42-30-29-41-50-5)35-25-17-15-19-27-37-48(51)54-43-39-45(31-21-11-7-2)32-22-12-8-3/h7,11,20,28,45-47,50H,6,8-10,12-19,21-27,29-44H2,1-5H3/b11-7+,28-20+. The molecule has 0 amide bonds. The summed E-state index contributed by atoms with van der Waals surface area (Å²) in [6, 6.07) is 0. The predicted molar refractivity (Wildman–Crippen MR) is 237 cm³/mol.